The summed E-state index contributed by atoms with van der Waals surface area (Å²) in [6.45, 7) is 11.7. The van der Waals surface area contributed by atoms with Crippen molar-refractivity contribution in [2.45, 2.75) is 40.3 Å². The lowest BCUT2D eigenvalue weighted by atomic mass is 9.84. The molecule has 3 rings (SSSR count). The fourth-order valence-corrected chi connectivity index (χ4v) is 4.55. The highest BCUT2D eigenvalue weighted by atomic mass is 35.5. The molecule has 2 amide bonds. The maximum absolute atomic E-state index is 13.5. The first-order valence-corrected chi connectivity index (χ1v) is 13.1. The van der Waals surface area contributed by atoms with E-state index in [-0.39, 0.29) is 36.5 Å². The molecular weight excluding hydrogens is 516 g/mol. The Kier molecular flexibility index (Phi) is 9.84. The number of aromatic nitrogens is 2. The van der Waals surface area contributed by atoms with Gasteiger partial charge in [0.1, 0.15) is 17.8 Å². The molecule has 1 aliphatic rings. The molecule has 10 heteroatoms. The molecular formula is C29H35ClN6O3. The monoisotopic (exact) mass is 550 g/mol. The van der Waals surface area contributed by atoms with Crippen LogP contribution >= 0.6 is 11.6 Å². The van der Waals surface area contributed by atoms with Gasteiger partial charge in [-0.1, -0.05) is 44.2 Å². The number of hydrogen-bond acceptors (Lipinski definition) is 6. The van der Waals surface area contributed by atoms with Crippen LogP contribution in [0.3, 0.4) is 0 Å². The molecule has 39 heavy (non-hydrogen) atoms. The highest BCUT2D eigenvalue weighted by Crippen LogP contribution is 2.28. The van der Waals surface area contributed by atoms with Crippen LogP contribution in [-0.2, 0) is 17.9 Å². The summed E-state index contributed by atoms with van der Waals surface area (Å²) in [6, 6.07) is 5.46. The van der Waals surface area contributed by atoms with Crippen LogP contribution in [0, 0.1) is 16.7 Å². The van der Waals surface area contributed by atoms with Crippen molar-refractivity contribution in [2.75, 3.05) is 33.2 Å². The van der Waals surface area contributed by atoms with E-state index in [9.17, 15) is 14.4 Å². The Labute approximate surface area is 234 Å². The largest absolute Gasteiger partial charge is 0.352 e. The molecule has 0 saturated carbocycles. The summed E-state index contributed by atoms with van der Waals surface area (Å²) < 4.78 is 1.28. The third kappa shape index (κ3) is 7.88. The third-order valence-electron chi connectivity index (χ3n) is 6.39. The van der Waals surface area contributed by atoms with Gasteiger partial charge in [-0.05, 0) is 55.2 Å². The summed E-state index contributed by atoms with van der Waals surface area (Å²) in [5.41, 5.74) is 1.43. The van der Waals surface area contributed by atoms with Gasteiger partial charge in [-0.25, -0.2) is 4.98 Å². The molecule has 1 saturated heterocycles. The predicted molar refractivity (Wildman–Crippen MR) is 153 cm³/mol. The number of fused-ring (bicyclic) bond motifs is 1. The summed E-state index contributed by atoms with van der Waals surface area (Å²) in [5.74, 6) is -0.731. The summed E-state index contributed by atoms with van der Waals surface area (Å²) in [4.78, 5) is 47.7. The van der Waals surface area contributed by atoms with Gasteiger partial charge in [-0.2, -0.15) is 5.26 Å². The van der Waals surface area contributed by atoms with E-state index in [1.807, 2.05) is 24.1 Å². The first-order valence-electron chi connectivity index (χ1n) is 12.7. The Morgan fingerprint density at radius 3 is 2.64 bits per heavy atom. The average molecular weight is 551 g/mol. The van der Waals surface area contributed by atoms with Crippen molar-refractivity contribution in [3.8, 4) is 6.07 Å². The molecule has 0 atom stereocenters. The fraction of sp³-hybridized carbons (Fsp3) is 0.414. The van der Waals surface area contributed by atoms with Crippen LogP contribution in [0.2, 0.25) is 0 Å². The Hall–Kier alpha value is -3.74. The Morgan fingerprint density at radius 2 is 2.03 bits per heavy atom. The molecule has 0 spiro atoms. The minimum Gasteiger partial charge on any atom is -0.352 e. The van der Waals surface area contributed by atoms with Crippen LogP contribution < -0.4 is 10.9 Å². The number of nitrogens with zero attached hydrogens (tertiary/aromatic N) is 5. The number of allylic oxidation sites excluding steroid dienone is 4. The number of nitriles is 1. The Balaban J connectivity index is 1.92. The Morgan fingerprint density at radius 1 is 1.31 bits per heavy atom. The van der Waals surface area contributed by atoms with Gasteiger partial charge in [-0.3, -0.25) is 23.9 Å². The molecule has 9 nitrogen and oxygen atoms in total. The van der Waals surface area contributed by atoms with Gasteiger partial charge in [-0.15, -0.1) is 0 Å². The summed E-state index contributed by atoms with van der Waals surface area (Å²) in [7, 11) is 1.82. The maximum atomic E-state index is 13.5. The number of carbonyl (C=O) groups excluding carboxylic acids is 2. The molecule has 206 valence electrons. The van der Waals surface area contributed by atoms with Gasteiger partial charge in [0.15, 0.2) is 0 Å². The minimum absolute atomic E-state index is 0.0457. The van der Waals surface area contributed by atoms with Crippen molar-refractivity contribution in [1.82, 2.24) is 24.7 Å². The van der Waals surface area contributed by atoms with Crippen LogP contribution in [0.5, 0.6) is 0 Å². The smallest absolute Gasteiger partial charge is 0.265 e. The van der Waals surface area contributed by atoms with Crippen molar-refractivity contribution < 1.29 is 9.59 Å². The second-order valence-electron chi connectivity index (χ2n) is 10.7. The van der Waals surface area contributed by atoms with Crippen molar-refractivity contribution in [1.29, 1.82) is 5.26 Å². The number of amides is 2. The lowest BCUT2D eigenvalue weighted by molar-refractivity contribution is -0.142. The third-order valence-corrected chi connectivity index (χ3v) is 6.52. The zero-order valence-electron chi connectivity index (χ0n) is 23.0. The van der Waals surface area contributed by atoms with Crippen molar-refractivity contribution >= 4 is 34.4 Å². The predicted octanol–water partition coefficient (Wildman–Crippen LogP) is 3.60. The minimum atomic E-state index is -0.574. The average Bonchev–Trinajstić information content (AvgIpc) is 2.85. The summed E-state index contributed by atoms with van der Waals surface area (Å²) in [6.07, 6.45) is 7.38. The molecule has 0 aliphatic carbocycles. The standard InChI is InChI=1S/C29H35ClN6O3/c1-6-21(8-7-20(2)30)9-11-32-27(38)24-14-23-13-22(16-34(5)12-10-31)15-33-26(23)36(28(24)39)17-25(37)35-18-29(3,4)19-35/h6-8,13-15H,1,9,11-12,16-19H2,2-5H3,(H,32,38). The number of carbonyl (C=O) groups is 2. The van der Waals surface area contributed by atoms with E-state index in [1.54, 1.807) is 30.2 Å². The maximum Gasteiger partial charge on any atom is 0.265 e. The number of likely N-dealkylation sites (tertiary alicyclic amines) is 1. The summed E-state index contributed by atoms with van der Waals surface area (Å²) >= 11 is 5.89. The van der Waals surface area contributed by atoms with Gasteiger partial charge in [0.05, 0.1) is 12.6 Å². The molecule has 1 aliphatic heterocycles. The SMILES string of the molecule is C=CC(=CC=C(C)Cl)CCNC(=O)c1cc2cc(CN(C)CC#N)cnc2n(CC(=O)N2CC(C)(C)C2)c1=O. The first-order chi connectivity index (χ1) is 18.4. The van der Waals surface area contributed by atoms with Crippen molar-refractivity contribution in [3.63, 3.8) is 0 Å². The second kappa shape index (κ2) is 12.9. The molecule has 0 bridgehead atoms. The number of pyridine rings is 2. The molecule has 3 heterocycles. The van der Waals surface area contributed by atoms with E-state index in [2.05, 4.69) is 36.8 Å². The Bertz CT molecular complexity index is 1420. The second-order valence-corrected chi connectivity index (χ2v) is 11.3. The van der Waals surface area contributed by atoms with E-state index in [0.29, 0.717) is 42.1 Å². The van der Waals surface area contributed by atoms with E-state index < -0.39 is 11.5 Å². The van der Waals surface area contributed by atoms with Gasteiger partial charge in [0.25, 0.3) is 11.5 Å². The molecule has 1 N–H and O–H groups in total. The number of halogens is 1. The number of hydrogen-bond donors (Lipinski definition) is 1. The highest BCUT2D eigenvalue weighted by Gasteiger charge is 2.37. The molecule has 2 aromatic heterocycles. The van der Waals surface area contributed by atoms with Crippen LogP contribution in [0.25, 0.3) is 11.0 Å². The first kappa shape index (κ1) is 29.8. The van der Waals surface area contributed by atoms with E-state index in [4.69, 9.17) is 16.9 Å². The fourth-order valence-electron chi connectivity index (χ4n) is 4.48. The van der Waals surface area contributed by atoms with Crippen LogP contribution in [-0.4, -0.2) is 64.4 Å². The summed E-state index contributed by atoms with van der Waals surface area (Å²) in [5, 5.41) is 13.0. The van der Waals surface area contributed by atoms with E-state index in [1.165, 1.54) is 10.6 Å². The molecule has 2 aromatic rings. The van der Waals surface area contributed by atoms with Crippen molar-refractivity contribution in [2.24, 2.45) is 5.41 Å². The van der Waals surface area contributed by atoms with E-state index >= 15 is 0 Å². The zero-order chi connectivity index (χ0) is 28.7. The molecule has 0 aromatic carbocycles. The molecule has 0 unspecified atom stereocenters. The van der Waals surface area contributed by atoms with Gasteiger partial charge in [0, 0.05) is 42.8 Å². The quantitative estimate of drug-likeness (QED) is 0.338. The highest BCUT2D eigenvalue weighted by molar-refractivity contribution is 6.29. The number of rotatable bonds is 11. The topological polar surface area (TPSA) is 111 Å². The lowest BCUT2D eigenvalue weighted by Gasteiger charge is -2.45. The molecule has 1 fully saturated rings. The lowest BCUT2D eigenvalue weighted by Crippen LogP contribution is -2.56. The molecule has 0 radical (unpaired) electrons. The van der Waals surface area contributed by atoms with Crippen LogP contribution in [0.4, 0.5) is 0 Å². The zero-order valence-corrected chi connectivity index (χ0v) is 23.7. The van der Waals surface area contributed by atoms with Crippen LogP contribution in [0.15, 0.2) is 58.5 Å². The van der Waals surface area contributed by atoms with Gasteiger partial charge >= 0.3 is 0 Å². The number of nitrogens with one attached hydrogen (secondary N) is 1. The van der Waals surface area contributed by atoms with Gasteiger partial charge < -0.3 is 10.2 Å². The van der Waals surface area contributed by atoms with Crippen molar-refractivity contribution in [3.05, 3.63) is 75.2 Å². The normalized spacial score (nSPS) is 15.2. The van der Waals surface area contributed by atoms with E-state index in [0.717, 1.165) is 11.1 Å². The van der Waals surface area contributed by atoms with Gasteiger partial charge in [0.2, 0.25) is 5.91 Å². The van der Waals surface area contributed by atoms with Crippen LogP contribution in [0.1, 0.15) is 43.1 Å².